The second-order valence-electron chi connectivity index (χ2n) is 3.96. The second kappa shape index (κ2) is 5.58. The molecule has 70 valence electrons. The van der Waals surface area contributed by atoms with E-state index in [9.17, 15) is 0 Å². The van der Waals surface area contributed by atoms with Crippen LogP contribution in [0.25, 0.3) is 0 Å². The fraction of sp³-hybridized carbons (Fsp3) is 0.818. The second-order valence-corrected chi connectivity index (χ2v) is 5.99. The van der Waals surface area contributed by atoms with Crippen molar-refractivity contribution in [1.82, 2.24) is 0 Å². The third-order valence-corrected chi connectivity index (χ3v) is 5.42. The Morgan fingerprint density at radius 2 is 1.83 bits per heavy atom. The minimum absolute atomic E-state index is 0.156. The highest BCUT2D eigenvalue weighted by atomic mass is 28.2. The summed E-state index contributed by atoms with van der Waals surface area (Å²) >= 11 is 0. The van der Waals surface area contributed by atoms with Gasteiger partial charge in [-0.25, -0.2) is 0 Å². The summed E-state index contributed by atoms with van der Waals surface area (Å²) in [5.74, 6) is 0. The first-order chi connectivity index (χ1) is 5.86. The predicted octanol–water partition coefficient (Wildman–Crippen LogP) is 3.22. The van der Waals surface area contributed by atoms with E-state index in [2.05, 4.69) is 19.5 Å². The molecule has 0 N–H and O–H groups in total. The quantitative estimate of drug-likeness (QED) is 0.586. The van der Waals surface area contributed by atoms with Gasteiger partial charge < -0.3 is 0 Å². The normalized spacial score (nSPS) is 19.2. The molecule has 1 rings (SSSR count). The third kappa shape index (κ3) is 3.14. The first kappa shape index (κ1) is 10.0. The zero-order valence-electron chi connectivity index (χ0n) is 8.60. The van der Waals surface area contributed by atoms with Crippen molar-refractivity contribution >= 4 is 9.52 Å². The molecular weight excluding hydrogens is 160 g/mol. The van der Waals surface area contributed by atoms with Crippen molar-refractivity contribution < 1.29 is 0 Å². The molecule has 0 saturated heterocycles. The summed E-state index contributed by atoms with van der Waals surface area (Å²) < 4.78 is 0. The molecule has 0 amide bonds. The minimum Gasteiger partial charge on any atom is -0.102 e. The van der Waals surface area contributed by atoms with Crippen LogP contribution in [0, 0.1) is 0 Å². The molecule has 1 aliphatic rings. The zero-order valence-corrected chi connectivity index (χ0v) is 10.0. The van der Waals surface area contributed by atoms with Crippen LogP contribution in [0.1, 0.15) is 52.4 Å². The number of rotatable bonds is 4. The monoisotopic (exact) mass is 182 g/mol. The first-order valence-corrected chi connectivity index (χ1v) is 7.18. The molecule has 0 heterocycles. The van der Waals surface area contributed by atoms with Gasteiger partial charge in [-0.2, -0.15) is 0 Å². The predicted molar refractivity (Wildman–Crippen MR) is 59.4 cm³/mol. The van der Waals surface area contributed by atoms with Gasteiger partial charge in [-0.15, -0.1) is 5.70 Å². The van der Waals surface area contributed by atoms with Gasteiger partial charge in [-0.3, -0.25) is 0 Å². The maximum atomic E-state index is 2.63. The number of hydrogen-bond donors (Lipinski definition) is 0. The van der Waals surface area contributed by atoms with Crippen molar-refractivity contribution in [3.8, 4) is 0 Å². The lowest BCUT2D eigenvalue weighted by Crippen LogP contribution is -1.96. The molecule has 0 aliphatic heterocycles. The Kier molecular flexibility index (Phi) is 4.67. The molecule has 1 heteroatoms. The van der Waals surface area contributed by atoms with Gasteiger partial charge in [-0.1, -0.05) is 45.1 Å². The van der Waals surface area contributed by atoms with Gasteiger partial charge in [-0.05, 0) is 18.4 Å². The highest BCUT2D eigenvalue weighted by Gasteiger charge is 2.13. The highest BCUT2D eigenvalue weighted by Crippen LogP contribution is 2.29. The average Bonchev–Trinajstić information content (AvgIpc) is 2.59. The molecule has 0 aromatic carbocycles. The van der Waals surface area contributed by atoms with Gasteiger partial charge in [0.15, 0.2) is 0 Å². The van der Waals surface area contributed by atoms with E-state index in [4.69, 9.17) is 0 Å². The van der Waals surface area contributed by atoms with Crippen molar-refractivity contribution in [2.75, 3.05) is 0 Å². The molecule has 0 aromatic heterocycles. The Bertz CT molecular complexity index is 137. The van der Waals surface area contributed by atoms with Crippen LogP contribution in [0.4, 0.5) is 0 Å². The summed E-state index contributed by atoms with van der Waals surface area (Å²) in [5, 5.41) is 0. The standard InChI is InChI=1S/C11H22Si/c1-3-10(4-2)9-12-11-7-5-6-8-11/h9,11H,3-8,12H2,1-2H3. The van der Waals surface area contributed by atoms with E-state index in [1.165, 1.54) is 25.7 Å². The van der Waals surface area contributed by atoms with Gasteiger partial charge in [0.05, 0.1) is 0 Å². The lowest BCUT2D eigenvalue weighted by Gasteiger charge is -2.05. The molecule has 0 atom stereocenters. The zero-order chi connectivity index (χ0) is 8.81. The van der Waals surface area contributed by atoms with E-state index in [1.807, 2.05) is 0 Å². The van der Waals surface area contributed by atoms with Gasteiger partial charge >= 0.3 is 0 Å². The average molecular weight is 182 g/mol. The van der Waals surface area contributed by atoms with Crippen LogP contribution in [0.5, 0.6) is 0 Å². The minimum atomic E-state index is 0.156. The first-order valence-electron chi connectivity index (χ1n) is 5.54. The molecule has 12 heavy (non-hydrogen) atoms. The molecular formula is C11H22Si. The lowest BCUT2D eigenvalue weighted by atomic mass is 10.2. The van der Waals surface area contributed by atoms with Crippen LogP contribution < -0.4 is 0 Å². The van der Waals surface area contributed by atoms with E-state index in [0.29, 0.717) is 0 Å². The summed E-state index contributed by atoms with van der Waals surface area (Å²) in [6.45, 7) is 4.58. The van der Waals surface area contributed by atoms with E-state index in [0.717, 1.165) is 5.54 Å². The molecule has 0 aromatic rings. The maximum Gasteiger partial charge on any atom is 0.0484 e. The summed E-state index contributed by atoms with van der Waals surface area (Å²) in [6, 6.07) is 0. The van der Waals surface area contributed by atoms with E-state index in [-0.39, 0.29) is 9.52 Å². The van der Waals surface area contributed by atoms with Crippen molar-refractivity contribution in [2.45, 2.75) is 57.9 Å². The Balaban J connectivity index is 2.25. The van der Waals surface area contributed by atoms with E-state index >= 15 is 0 Å². The smallest absolute Gasteiger partial charge is 0.0484 e. The molecule has 1 aliphatic carbocycles. The molecule has 0 spiro atoms. The topological polar surface area (TPSA) is 0 Å². The van der Waals surface area contributed by atoms with Crippen LogP contribution in [0.15, 0.2) is 11.3 Å². The molecule has 1 fully saturated rings. The fourth-order valence-electron chi connectivity index (χ4n) is 2.12. The fourth-order valence-corrected chi connectivity index (χ4v) is 4.41. The number of hydrogen-bond acceptors (Lipinski definition) is 0. The Hall–Kier alpha value is -0.0431. The summed E-state index contributed by atoms with van der Waals surface area (Å²) in [7, 11) is 0.156. The Morgan fingerprint density at radius 1 is 1.25 bits per heavy atom. The Labute approximate surface area is 79.3 Å². The van der Waals surface area contributed by atoms with E-state index in [1.54, 1.807) is 18.4 Å². The van der Waals surface area contributed by atoms with Crippen molar-refractivity contribution in [3.63, 3.8) is 0 Å². The van der Waals surface area contributed by atoms with Crippen LogP contribution in [-0.2, 0) is 0 Å². The summed E-state index contributed by atoms with van der Waals surface area (Å²) in [6.07, 6.45) is 8.69. The SMILES string of the molecule is CCC(=C[SiH2]C1CCCC1)CC. The molecule has 0 radical (unpaired) electrons. The van der Waals surface area contributed by atoms with Crippen LogP contribution in [0.3, 0.4) is 0 Å². The number of allylic oxidation sites excluding steroid dienone is 1. The van der Waals surface area contributed by atoms with Crippen LogP contribution in [-0.4, -0.2) is 9.52 Å². The lowest BCUT2D eigenvalue weighted by molar-refractivity contribution is 0.870. The van der Waals surface area contributed by atoms with Crippen LogP contribution >= 0.6 is 0 Å². The van der Waals surface area contributed by atoms with Crippen molar-refractivity contribution in [2.24, 2.45) is 0 Å². The third-order valence-electron chi connectivity index (χ3n) is 3.12. The van der Waals surface area contributed by atoms with Crippen LogP contribution in [0.2, 0.25) is 5.54 Å². The van der Waals surface area contributed by atoms with E-state index < -0.39 is 0 Å². The highest BCUT2D eigenvalue weighted by molar-refractivity contribution is 6.44. The van der Waals surface area contributed by atoms with Gasteiger partial charge in [0.2, 0.25) is 0 Å². The molecule has 0 nitrogen and oxygen atoms in total. The van der Waals surface area contributed by atoms with Gasteiger partial charge in [0, 0.05) is 9.52 Å². The van der Waals surface area contributed by atoms with Gasteiger partial charge in [0.25, 0.3) is 0 Å². The summed E-state index contributed by atoms with van der Waals surface area (Å²) in [5.41, 5.74) is 5.52. The molecule has 1 saturated carbocycles. The molecule has 0 bridgehead atoms. The largest absolute Gasteiger partial charge is 0.102 e. The van der Waals surface area contributed by atoms with Gasteiger partial charge in [0.1, 0.15) is 0 Å². The maximum absolute atomic E-state index is 2.63. The Morgan fingerprint density at radius 3 is 2.33 bits per heavy atom. The summed E-state index contributed by atoms with van der Waals surface area (Å²) in [4.78, 5) is 0. The van der Waals surface area contributed by atoms with Crippen molar-refractivity contribution in [1.29, 1.82) is 0 Å². The van der Waals surface area contributed by atoms with Crippen molar-refractivity contribution in [3.05, 3.63) is 11.3 Å². The molecule has 0 unspecified atom stereocenters.